The van der Waals surface area contributed by atoms with Gasteiger partial charge in [0, 0.05) is 0 Å². The van der Waals surface area contributed by atoms with Crippen molar-refractivity contribution in [1.82, 2.24) is 5.32 Å². The third kappa shape index (κ3) is 10.2. The largest absolute Gasteiger partial charge is 0.480 e. The van der Waals surface area contributed by atoms with E-state index in [1.165, 1.54) is 0 Å². The lowest BCUT2D eigenvalue weighted by Gasteiger charge is -2.20. The molecule has 0 aliphatic heterocycles. The number of hydrogen-bond acceptors (Lipinski definition) is 5. The molecule has 0 rings (SSSR count). The number of carbonyl (C=O) groups excluding carboxylic acids is 1. The number of ether oxygens (including phenoxy) is 2. The predicted octanol–water partition coefficient (Wildman–Crippen LogP) is 0.278. The summed E-state index contributed by atoms with van der Waals surface area (Å²) >= 11 is 0. The van der Waals surface area contributed by atoms with Gasteiger partial charge in [0.05, 0.1) is 19.8 Å². The van der Waals surface area contributed by atoms with E-state index < -0.39 is 29.9 Å². The van der Waals surface area contributed by atoms with Crippen LogP contribution in [-0.2, 0) is 14.3 Å². The number of alkyl halides is 1. The van der Waals surface area contributed by atoms with Crippen molar-refractivity contribution in [3.8, 4) is 0 Å². The number of nitrogens with two attached hydrogens (primary N) is 1. The molecule has 0 aromatic rings. The van der Waals surface area contributed by atoms with Crippen LogP contribution in [0.15, 0.2) is 0 Å². The number of alkyl carbamates (subject to hydrolysis) is 1. The van der Waals surface area contributed by atoms with E-state index >= 15 is 0 Å². The van der Waals surface area contributed by atoms with Crippen molar-refractivity contribution in [3.05, 3.63) is 0 Å². The number of carbonyl (C=O) groups is 2. The third-order valence-electron chi connectivity index (χ3n) is 1.78. The quantitative estimate of drug-likeness (QED) is 0.617. The third-order valence-corrected chi connectivity index (χ3v) is 1.78. The molecule has 8 heteroatoms. The van der Waals surface area contributed by atoms with Crippen molar-refractivity contribution < 1.29 is 28.6 Å². The van der Waals surface area contributed by atoms with Crippen molar-refractivity contribution >= 4 is 12.1 Å². The Morgan fingerprint density at radius 3 is 2.42 bits per heavy atom. The molecule has 0 heterocycles. The second-order valence-electron chi connectivity index (χ2n) is 4.96. The van der Waals surface area contributed by atoms with Crippen LogP contribution in [0.1, 0.15) is 20.8 Å². The van der Waals surface area contributed by atoms with Crippen LogP contribution in [0.5, 0.6) is 0 Å². The fourth-order valence-corrected chi connectivity index (χ4v) is 0.961. The van der Waals surface area contributed by atoms with Crippen molar-refractivity contribution in [2.45, 2.75) is 38.6 Å². The fraction of sp³-hybridized carbons (Fsp3) is 0.818. The number of rotatable bonds is 7. The first-order valence-electron chi connectivity index (χ1n) is 5.79. The highest BCUT2D eigenvalue weighted by Gasteiger charge is 2.18. The molecule has 0 aliphatic rings. The normalized spacial score (nSPS) is 14.6. The summed E-state index contributed by atoms with van der Waals surface area (Å²) in [5, 5.41) is 10.7. The summed E-state index contributed by atoms with van der Waals surface area (Å²) in [7, 11) is 0. The summed E-state index contributed by atoms with van der Waals surface area (Å²) in [6, 6.07) is -1.19. The average molecular weight is 280 g/mol. The summed E-state index contributed by atoms with van der Waals surface area (Å²) < 4.78 is 22.9. The maximum absolute atomic E-state index is 13.3. The van der Waals surface area contributed by atoms with Crippen LogP contribution in [-0.4, -0.2) is 54.7 Å². The zero-order valence-electron chi connectivity index (χ0n) is 11.3. The first kappa shape index (κ1) is 17.6. The van der Waals surface area contributed by atoms with Crippen LogP contribution >= 0.6 is 0 Å². The summed E-state index contributed by atoms with van der Waals surface area (Å²) in [6.07, 6.45) is -2.19. The van der Waals surface area contributed by atoms with Gasteiger partial charge >= 0.3 is 12.1 Å². The number of nitrogens with one attached hydrogen (secondary N) is 1. The number of halogens is 1. The van der Waals surface area contributed by atoms with Gasteiger partial charge in [0.15, 0.2) is 0 Å². The molecule has 2 atom stereocenters. The Morgan fingerprint density at radius 1 is 1.37 bits per heavy atom. The van der Waals surface area contributed by atoms with Crippen molar-refractivity contribution in [2.75, 3.05) is 19.8 Å². The van der Waals surface area contributed by atoms with Crippen molar-refractivity contribution in [2.24, 2.45) is 5.73 Å². The van der Waals surface area contributed by atoms with Crippen LogP contribution in [0, 0.1) is 0 Å². The van der Waals surface area contributed by atoms with E-state index in [0.29, 0.717) is 0 Å². The Bertz CT molecular complexity index is 306. The molecular formula is C11H21FN2O5. The SMILES string of the molecule is CC(C)(C)OC(=O)NC[C@H](F)COC[C@H](N)C(=O)O. The minimum atomic E-state index is -1.46. The lowest BCUT2D eigenvalue weighted by atomic mass is 10.2. The number of carboxylic acids is 1. The molecule has 0 fully saturated rings. The molecule has 0 saturated carbocycles. The van der Waals surface area contributed by atoms with Gasteiger partial charge in [0.2, 0.25) is 0 Å². The molecule has 0 aromatic heterocycles. The molecule has 0 aromatic carbocycles. The highest BCUT2D eigenvalue weighted by molar-refractivity contribution is 5.73. The molecule has 1 amide bonds. The van der Waals surface area contributed by atoms with Crippen LogP contribution < -0.4 is 11.1 Å². The van der Waals surface area contributed by atoms with Crippen LogP contribution in [0.3, 0.4) is 0 Å². The Morgan fingerprint density at radius 2 is 1.95 bits per heavy atom. The number of carboxylic acid groups (broad SMARTS) is 1. The highest BCUT2D eigenvalue weighted by Crippen LogP contribution is 2.06. The Hall–Kier alpha value is -1.41. The fourth-order valence-electron chi connectivity index (χ4n) is 0.961. The Kier molecular flexibility index (Phi) is 7.32. The van der Waals surface area contributed by atoms with E-state index in [4.69, 9.17) is 20.3 Å². The molecule has 0 radical (unpaired) electrons. The molecule has 0 aliphatic carbocycles. The van der Waals surface area contributed by atoms with Gasteiger partial charge < -0.3 is 25.6 Å². The second kappa shape index (κ2) is 7.90. The summed E-state index contributed by atoms with van der Waals surface area (Å²) in [5.74, 6) is -1.22. The maximum atomic E-state index is 13.3. The molecule has 7 nitrogen and oxygen atoms in total. The maximum Gasteiger partial charge on any atom is 0.407 e. The number of hydrogen-bond donors (Lipinski definition) is 3. The molecule has 19 heavy (non-hydrogen) atoms. The summed E-state index contributed by atoms with van der Waals surface area (Å²) in [5.41, 5.74) is 4.51. The van der Waals surface area contributed by atoms with Crippen LogP contribution in [0.25, 0.3) is 0 Å². The van der Waals surface area contributed by atoms with E-state index in [2.05, 4.69) is 5.32 Å². The molecule has 0 saturated heterocycles. The van der Waals surface area contributed by atoms with Gasteiger partial charge in [-0.2, -0.15) is 0 Å². The van der Waals surface area contributed by atoms with Gasteiger partial charge in [0.1, 0.15) is 17.8 Å². The van der Waals surface area contributed by atoms with Crippen molar-refractivity contribution in [3.63, 3.8) is 0 Å². The molecule has 0 bridgehead atoms. The average Bonchev–Trinajstić information content (AvgIpc) is 2.23. The van der Waals surface area contributed by atoms with Gasteiger partial charge in [-0.1, -0.05) is 0 Å². The van der Waals surface area contributed by atoms with E-state index in [1.54, 1.807) is 20.8 Å². The Labute approximate surface area is 111 Å². The molecule has 0 unspecified atom stereocenters. The molecular weight excluding hydrogens is 259 g/mol. The van der Waals surface area contributed by atoms with E-state index in [-0.39, 0.29) is 19.8 Å². The first-order valence-corrected chi connectivity index (χ1v) is 5.79. The van der Waals surface area contributed by atoms with E-state index in [9.17, 15) is 14.0 Å². The molecule has 4 N–H and O–H groups in total. The predicted molar refractivity (Wildman–Crippen MR) is 65.6 cm³/mol. The van der Waals surface area contributed by atoms with Gasteiger partial charge in [-0.15, -0.1) is 0 Å². The summed E-state index contributed by atoms with van der Waals surface area (Å²) in [6.45, 7) is 4.15. The van der Waals surface area contributed by atoms with Gasteiger partial charge in [-0.3, -0.25) is 4.79 Å². The van der Waals surface area contributed by atoms with Crippen LogP contribution in [0.4, 0.5) is 9.18 Å². The first-order chi connectivity index (χ1) is 8.61. The van der Waals surface area contributed by atoms with Gasteiger partial charge in [-0.25, -0.2) is 9.18 Å². The zero-order valence-corrected chi connectivity index (χ0v) is 11.3. The van der Waals surface area contributed by atoms with Crippen molar-refractivity contribution in [1.29, 1.82) is 0 Å². The molecule has 112 valence electrons. The number of aliphatic carboxylic acids is 1. The van der Waals surface area contributed by atoms with Gasteiger partial charge in [0.25, 0.3) is 0 Å². The standard InChI is InChI=1S/C11H21FN2O5/c1-11(2,3)19-10(17)14-4-7(12)5-18-6-8(13)9(15)16/h7-8H,4-6,13H2,1-3H3,(H,14,17)(H,15,16)/t7-,8-/m0/s1. The zero-order chi connectivity index (χ0) is 15.1. The minimum Gasteiger partial charge on any atom is -0.480 e. The Balaban J connectivity index is 3.73. The highest BCUT2D eigenvalue weighted by atomic mass is 19.1. The summed E-state index contributed by atoms with van der Waals surface area (Å²) in [4.78, 5) is 21.5. The number of amides is 1. The van der Waals surface area contributed by atoms with E-state index in [0.717, 1.165) is 0 Å². The van der Waals surface area contributed by atoms with Crippen LogP contribution in [0.2, 0.25) is 0 Å². The molecule has 0 spiro atoms. The minimum absolute atomic E-state index is 0.281. The lowest BCUT2D eigenvalue weighted by molar-refractivity contribution is -0.140. The topological polar surface area (TPSA) is 111 Å². The smallest absolute Gasteiger partial charge is 0.407 e. The second-order valence-corrected chi connectivity index (χ2v) is 4.96. The van der Waals surface area contributed by atoms with E-state index in [1.807, 2.05) is 0 Å². The monoisotopic (exact) mass is 280 g/mol. The lowest BCUT2D eigenvalue weighted by Crippen LogP contribution is -2.38. The van der Waals surface area contributed by atoms with Gasteiger partial charge in [-0.05, 0) is 20.8 Å².